The molecular formula is C12H20O3. The van der Waals surface area contributed by atoms with Crippen molar-refractivity contribution in [2.45, 2.75) is 52.6 Å². The third kappa shape index (κ3) is 3.65. The topological polar surface area (TPSA) is 43.4 Å². The lowest BCUT2D eigenvalue weighted by Gasteiger charge is -2.24. The number of rotatable bonds is 3. The van der Waals surface area contributed by atoms with Gasteiger partial charge in [0.05, 0.1) is 5.92 Å². The highest BCUT2D eigenvalue weighted by molar-refractivity contribution is 5.79. The van der Waals surface area contributed by atoms with Crippen LogP contribution in [0.3, 0.4) is 0 Å². The smallest absolute Gasteiger partial charge is 0.309 e. The summed E-state index contributed by atoms with van der Waals surface area (Å²) in [6.45, 7) is 5.91. The van der Waals surface area contributed by atoms with E-state index in [0.29, 0.717) is 37.4 Å². The first-order valence-electron chi connectivity index (χ1n) is 5.73. The van der Waals surface area contributed by atoms with Gasteiger partial charge >= 0.3 is 5.97 Å². The van der Waals surface area contributed by atoms with E-state index < -0.39 is 0 Å². The zero-order valence-electron chi connectivity index (χ0n) is 9.79. The van der Waals surface area contributed by atoms with Crippen LogP contribution in [0.15, 0.2) is 0 Å². The van der Waals surface area contributed by atoms with Gasteiger partial charge in [-0.1, -0.05) is 20.8 Å². The molecule has 0 bridgehead atoms. The maximum atomic E-state index is 11.6. The van der Waals surface area contributed by atoms with Gasteiger partial charge in [-0.2, -0.15) is 0 Å². The van der Waals surface area contributed by atoms with Crippen LogP contribution in [0.5, 0.6) is 0 Å². The van der Waals surface area contributed by atoms with Gasteiger partial charge in [0.15, 0.2) is 0 Å². The van der Waals surface area contributed by atoms with Crippen LogP contribution < -0.4 is 0 Å². The zero-order valence-corrected chi connectivity index (χ0v) is 9.79. The lowest BCUT2D eigenvalue weighted by atomic mass is 9.95. The zero-order chi connectivity index (χ0) is 11.4. The van der Waals surface area contributed by atoms with E-state index in [1.807, 2.05) is 20.8 Å². The highest BCUT2D eigenvalue weighted by Gasteiger charge is 2.25. The molecule has 0 spiro atoms. The molecule has 0 saturated heterocycles. The number of hydrogen-bond acceptors (Lipinski definition) is 3. The van der Waals surface area contributed by atoms with E-state index in [1.165, 1.54) is 0 Å². The van der Waals surface area contributed by atoms with Crippen LogP contribution in [-0.2, 0) is 14.3 Å². The first-order chi connectivity index (χ1) is 7.00. The molecule has 3 heteroatoms. The average molecular weight is 212 g/mol. The van der Waals surface area contributed by atoms with Crippen molar-refractivity contribution < 1.29 is 14.3 Å². The van der Waals surface area contributed by atoms with Crippen molar-refractivity contribution in [1.82, 2.24) is 0 Å². The standard InChI is InChI=1S/C12H20O3/c1-8(2)9(3)12(14)15-11-6-4-10(13)5-7-11/h8-9,11H,4-7H2,1-3H3. The molecule has 15 heavy (non-hydrogen) atoms. The van der Waals surface area contributed by atoms with Crippen molar-refractivity contribution in [1.29, 1.82) is 0 Å². The minimum atomic E-state index is -0.121. The summed E-state index contributed by atoms with van der Waals surface area (Å²) in [6.07, 6.45) is 2.50. The summed E-state index contributed by atoms with van der Waals surface area (Å²) in [7, 11) is 0. The highest BCUT2D eigenvalue weighted by Crippen LogP contribution is 2.20. The van der Waals surface area contributed by atoms with E-state index >= 15 is 0 Å². The van der Waals surface area contributed by atoms with Gasteiger partial charge in [0.1, 0.15) is 11.9 Å². The molecule has 1 aliphatic rings. The number of Topliss-reactive ketones (excluding diaryl/α,β-unsaturated/α-hetero) is 1. The van der Waals surface area contributed by atoms with Gasteiger partial charge < -0.3 is 4.74 Å². The number of ketones is 1. The summed E-state index contributed by atoms with van der Waals surface area (Å²) in [6, 6.07) is 0. The Kier molecular flexibility index (Phi) is 4.30. The molecule has 0 heterocycles. The molecule has 0 aromatic heterocycles. The van der Waals surface area contributed by atoms with Gasteiger partial charge in [-0.25, -0.2) is 0 Å². The van der Waals surface area contributed by atoms with Crippen LogP contribution in [0, 0.1) is 11.8 Å². The van der Waals surface area contributed by atoms with E-state index in [9.17, 15) is 9.59 Å². The fourth-order valence-corrected chi connectivity index (χ4v) is 1.57. The maximum absolute atomic E-state index is 11.6. The minimum absolute atomic E-state index is 0.0311. The summed E-state index contributed by atoms with van der Waals surface area (Å²) in [4.78, 5) is 22.6. The Morgan fingerprint density at radius 2 is 1.80 bits per heavy atom. The van der Waals surface area contributed by atoms with Crippen molar-refractivity contribution in [2.75, 3.05) is 0 Å². The van der Waals surface area contributed by atoms with Crippen molar-refractivity contribution in [3.63, 3.8) is 0 Å². The summed E-state index contributed by atoms with van der Waals surface area (Å²) in [5, 5.41) is 0. The number of ether oxygens (including phenoxy) is 1. The Morgan fingerprint density at radius 1 is 1.27 bits per heavy atom. The van der Waals surface area contributed by atoms with E-state index in [4.69, 9.17) is 4.74 Å². The molecule has 1 aliphatic carbocycles. The average Bonchev–Trinajstić information content (AvgIpc) is 2.20. The first kappa shape index (κ1) is 12.2. The van der Waals surface area contributed by atoms with E-state index in [0.717, 1.165) is 0 Å². The molecule has 0 aliphatic heterocycles. The van der Waals surface area contributed by atoms with Crippen LogP contribution in [0.2, 0.25) is 0 Å². The Morgan fingerprint density at radius 3 is 2.27 bits per heavy atom. The predicted octanol–water partition coefficient (Wildman–Crippen LogP) is 2.33. The quantitative estimate of drug-likeness (QED) is 0.674. The van der Waals surface area contributed by atoms with Gasteiger partial charge in [0.25, 0.3) is 0 Å². The molecule has 0 aromatic rings. The molecule has 0 amide bonds. The van der Waals surface area contributed by atoms with E-state index in [-0.39, 0.29) is 18.0 Å². The van der Waals surface area contributed by atoms with Gasteiger partial charge in [-0.3, -0.25) is 9.59 Å². The molecular weight excluding hydrogens is 192 g/mol. The Balaban J connectivity index is 2.35. The molecule has 1 unspecified atom stereocenters. The molecule has 3 nitrogen and oxygen atoms in total. The molecule has 0 N–H and O–H groups in total. The summed E-state index contributed by atoms with van der Waals surface area (Å²) < 4.78 is 5.37. The summed E-state index contributed by atoms with van der Waals surface area (Å²) in [5.74, 6) is 0.425. The SMILES string of the molecule is CC(C)C(C)C(=O)OC1CCC(=O)CC1. The molecule has 1 rings (SSSR count). The van der Waals surface area contributed by atoms with Crippen LogP contribution >= 0.6 is 0 Å². The highest BCUT2D eigenvalue weighted by atomic mass is 16.5. The van der Waals surface area contributed by atoms with Crippen LogP contribution in [-0.4, -0.2) is 17.9 Å². The molecule has 0 radical (unpaired) electrons. The van der Waals surface area contributed by atoms with Crippen LogP contribution in [0.1, 0.15) is 46.5 Å². The Labute approximate surface area is 91.2 Å². The number of carbonyl (C=O) groups excluding carboxylic acids is 2. The van der Waals surface area contributed by atoms with Gasteiger partial charge in [0, 0.05) is 12.8 Å². The van der Waals surface area contributed by atoms with Crippen molar-refractivity contribution in [3.8, 4) is 0 Å². The third-order valence-electron chi connectivity index (χ3n) is 3.14. The number of hydrogen-bond donors (Lipinski definition) is 0. The van der Waals surface area contributed by atoms with Gasteiger partial charge in [-0.15, -0.1) is 0 Å². The third-order valence-corrected chi connectivity index (χ3v) is 3.14. The van der Waals surface area contributed by atoms with Gasteiger partial charge in [-0.05, 0) is 18.8 Å². The lowest BCUT2D eigenvalue weighted by Crippen LogP contribution is -2.28. The number of carbonyl (C=O) groups is 2. The normalized spacial score (nSPS) is 20.4. The molecule has 0 aromatic carbocycles. The fraction of sp³-hybridized carbons (Fsp3) is 0.833. The second kappa shape index (κ2) is 5.29. The minimum Gasteiger partial charge on any atom is -0.462 e. The number of esters is 1. The molecule has 86 valence electrons. The fourth-order valence-electron chi connectivity index (χ4n) is 1.57. The van der Waals surface area contributed by atoms with Crippen LogP contribution in [0.4, 0.5) is 0 Å². The van der Waals surface area contributed by atoms with Crippen molar-refractivity contribution in [2.24, 2.45) is 11.8 Å². The van der Waals surface area contributed by atoms with E-state index in [2.05, 4.69) is 0 Å². The predicted molar refractivity (Wildman–Crippen MR) is 57.4 cm³/mol. The second-order valence-electron chi connectivity index (χ2n) is 4.71. The van der Waals surface area contributed by atoms with Crippen molar-refractivity contribution in [3.05, 3.63) is 0 Å². The molecule has 1 saturated carbocycles. The van der Waals surface area contributed by atoms with Gasteiger partial charge in [0.2, 0.25) is 0 Å². The molecule has 1 fully saturated rings. The van der Waals surface area contributed by atoms with Crippen molar-refractivity contribution >= 4 is 11.8 Å². The summed E-state index contributed by atoms with van der Waals surface area (Å²) in [5.41, 5.74) is 0. The Hall–Kier alpha value is -0.860. The monoisotopic (exact) mass is 212 g/mol. The molecule has 1 atom stereocenters. The lowest BCUT2D eigenvalue weighted by molar-refractivity contribution is -0.157. The summed E-state index contributed by atoms with van der Waals surface area (Å²) >= 11 is 0. The largest absolute Gasteiger partial charge is 0.462 e. The van der Waals surface area contributed by atoms with E-state index in [1.54, 1.807) is 0 Å². The van der Waals surface area contributed by atoms with Crippen LogP contribution in [0.25, 0.3) is 0 Å². The first-order valence-corrected chi connectivity index (χ1v) is 5.73. The Bertz CT molecular complexity index is 235. The second-order valence-corrected chi connectivity index (χ2v) is 4.71. The maximum Gasteiger partial charge on any atom is 0.309 e.